The van der Waals surface area contributed by atoms with Crippen molar-refractivity contribution >= 4 is 17.7 Å². The number of nitrogens with zero attached hydrogens (tertiary/aromatic N) is 3. The molecule has 0 bridgehead atoms. The average Bonchev–Trinajstić information content (AvgIpc) is 3.64. The molecule has 1 aliphatic rings. The minimum Gasteiger partial charge on any atom is -0.343 e. The summed E-state index contributed by atoms with van der Waals surface area (Å²) in [5, 5.41) is 5.75. The number of hydrogen-bond donors (Lipinski definition) is 2. The van der Waals surface area contributed by atoms with Gasteiger partial charge in [-0.15, -0.1) is 0 Å². The number of likely N-dealkylation sites (N-methyl/N-ethyl adjacent to an activating group) is 1. The number of likely N-dealkylation sites (tertiary alicyclic amines) is 1. The second-order valence-corrected chi connectivity index (χ2v) is 12.0. The van der Waals surface area contributed by atoms with E-state index in [0.717, 1.165) is 24.1 Å². The zero-order valence-corrected chi connectivity index (χ0v) is 25.0. The molecule has 2 N–H and O–H groups in total. The number of halogens is 1. The van der Waals surface area contributed by atoms with Crippen LogP contribution < -0.4 is 10.6 Å². The molecular formula is C33H42FN5O3. The van der Waals surface area contributed by atoms with E-state index in [2.05, 4.69) is 10.6 Å². The molecule has 2 heterocycles. The molecule has 0 unspecified atom stereocenters. The Balaban J connectivity index is 1.55. The molecule has 2 aromatic carbocycles. The van der Waals surface area contributed by atoms with Crippen molar-refractivity contribution in [2.24, 2.45) is 5.41 Å². The Hall–Kier alpha value is -3.98. The minimum atomic E-state index is -0.692. The van der Waals surface area contributed by atoms with Gasteiger partial charge in [0.15, 0.2) is 0 Å². The molecule has 0 aliphatic carbocycles. The van der Waals surface area contributed by atoms with Gasteiger partial charge >= 0.3 is 0 Å². The standard InChI is InChI=1S/C33H42FN5O3/c1-33(2,3)30(36-29(40)21-35-4)32(42)39-18-8-11-28(39)23-38(19-16-24-12-14-26(34)15-13-24)31(41)25-17-20-37(22-25)27-9-6-5-7-10-27/h5-7,9-10,12-15,17,20,22,28,30,35H,8,11,16,18-19,21,23H2,1-4H3,(H,36,40)/t28-,30+/m0/s1. The van der Waals surface area contributed by atoms with Crippen LogP contribution in [0.25, 0.3) is 5.69 Å². The van der Waals surface area contributed by atoms with Gasteiger partial charge in [-0.05, 0) is 67.6 Å². The van der Waals surface area contributed by atoms with Crippen LogP contribution in [0, 0.1) is 11.2 Å². The van der Waals surface area contributed by atoms with Gasteiger partial charge in [-0.2, -0.15) is 0 Å². The van der Waals surface area contributed by atoms with Crippen LogP contribution >= 0.6 is 0 Å². The first kappa shape index (κ1) is 31.0. The first-order valence-corrected chi connectivity index (χ1v) is 14.6. The Morgan fingerprint density at radius 3 is 2.43 bits per heavy atom. The van der Waals surface area contributed by atoms with Crippen LogP contribution in [-0.4, -0.2) is 77.4 Å². The van der Waals surface area contributed by atoms with E-state index in [1.54, 1.807) is 24.1 Å². The second kappa shape index (κ2) is 13.8. The van der Waals surface area contributed by atoms with E-state index in [0.29, 0.717) is 31.6 Å². The van der Waals surface area contributed by atoms with Crippen LogP contribution in [0.1, 0.15) is 49.5 Å². The number of carbonyl (C=O) groups is 3. The molecule has 0 spiro atoms. The summed E-state index contributed by atoms with van der Waals surface area (Å²) in [6, 6.07) is 17.0. The zero-order valence-electron chi connectivity index (χ0n) is 25.0. The van der Waals surface area contributed by atoms with E-state index < -0.39 is 11.5 Å². The van der Waals surface area contributed by atoms with Gasteiger partial charge in [0.05, 0.1) is 12.1 Å². The highest BCUT2D eigenvalue weighted by Gasteiger charge is 2.40. The summed E-state index contributed by atoms with van der Waals surface area (Å²) in [4.78, 5) is 43.9. The highest BCUT2D eigenvalue weighted by atomic mass is 19.1. The molecule has 0 radical (unpaired) electrons. The maximum Gasteiger partial charge on any atom is 0.255 e. The average molecular weight is 576 g/mol. The largest absolute Gasteiger partial charge is 0.343 e. The Labute approximate surface area is 247 Å². The fraction of sp³-hybridized carbons (Fsp3) is 0.424. The smallest absolute Gasteiger partial charge is 0.255 e. The van der Waals surface area contributed by atoms with Crippen molar-refractivity contribution in [3.8, 4) is 5.69 Å². The molecule has 3 amide bonds. The lowest BCUT2D eigenvalue weighted by Crippen LogP contribution is -2.58. The fourth-order valence-corrected chi connectivity index (χ4v) is 5.41. The Bertz CT molecular complexity index is 1350. The Kier molecular flexibility index (Phi) is 10.2. The molecule has 9 heteroatoms. The number of amides is 3. The third-order valence-corrected chi connectivity index (χ3v) is 7.71. The van der Waals surface area contributed by atoms with Gasteiger partial charge in [-0.3, -0.25) is 14.4 Å². The summed E-state index contributed by atoms with van der Waals surface area (Å²) in [6.07, 6.45) is 5.83. The van der Waals surface area contributed by atoms with E-state index >= 15 is 0 Å². The summed E-state index contributed by atoms with van der Waals surface area (Å²) in [6.45, 7) is 7.30. The quantitative estimate of drug-likeness (QED) is 0.361. The van der Waals surface area contributed by atoms with E-state index in [4.69, 9.17) is 0 Å². The minimum absolute atomic E-state index is 0.123. The van der Waals surface area contributed by atoms with Crippen LogP contribution in [0.15, 0.2) is 73.1 Å². The molecule has 1 aliphatic heterocycles. The number of aromatic nitrogens is 1. The van der Waals surface area contributed by atoms with Gasteiger partial charge < -0.3 is 25.0 Å². The van der Waals surface area contributed by atoms with Crippen molar-refractivity contribution in [2.45, 2.75) is 52.1 Å². The maximum absolute atomic E-state index is 13.9. The fourth-order valence-electron chi connectivity index (χ4n) is 5.41. The van der Waals surface area contributed by atoms with Crippen molar-refractivity contribution in [1.29, 1.82) is 0 Å². The lowest BCUT2D eigenvalue weighted by molar-refractivity contribution is -0.140. The highest BCUT2D eigenvalue weighted by Crippen LogP contribution is 2.27. The SMILES string of the molecule is CNCC(=O)N[C@H](C(=O)N1CCC[C@H]1CN(CCc1ccc(F)cc1)C(=O)c1ccn(-c2ccccc2)c1)C(C)(C)C. The predicted octanol–water partition coefficient (Wildman–Crippen LogP) is 4.04. The van der Waals surface area contributed by atoms with Crippen molar-refractivity contribution in [1.82, 2.24) is 25.0 Å². The molecule has 3 aromatic rings. The van der Waals surface area contributed by atoms with Gasteiger partial charge in [0.2, 0.25) is 11.8 Å². The summed E-state index contributed by atoms with van der Waals surface area (Å²) in [5.74, 6) is -0.791. The molecular weight excluding hydrogens is 533 g/mol. The summed E-state index contributed by atoms with van der Waals surface area (Å²) in [7, 11) is 1.69. The molecule has 2 atom stereocenters. The molecule has 1 saturated heterocycles. The summed E-state index contributed by atoms with van der Waals surface area (Å²) >= 11 is 0. The molecule has 42 heavy (non-hydrogen) atoms. The number of rotatable bonds is 11. The van der Waals surface area contributed by atoms with E-state index in [9.17, 15) is 18.8 Å². The van der Waals surface area contributed by atoms with Crippen LogP contribution in [0.2, 0.25) is 0 Å². The molecule has 0 saturated carbocycles. The zero-order chi connectivity index (χ0) is 30.3. The van der Waals surface area contributed by atoms with Crippen molar-refractivity contribution in [3.05, 3.63) is 90.0 Å². The number of para-hydroxylation sites is 1. The van der Waals surface area contributed by atoms with Crippen LogP contribution in [0.5, 0.6) is 0 Å². The van der Waals surface area contributed by atoms with Gasteiger partial charge in [0.25, 0.3) is 5.91 Å². The third-order valence-electron chi connectivity index (χ3n) is 7.71. The molecule has 4 rings (SSSR count). The van der Waals surface area contributed by atoms with Gasteiger partial charge in [0, 0.05) is 43.8 Å². The molecule has 1 fully saturated rings. The predicted molar refractivity (Wildman–Crippen MR) is 162 cm³/mol. The lowest BCUT2D eigenvalue weighted by atomic mass is 9.85. The maximum atomic E-state index is 13.9. The number of benzene rings is 2. The van der Waals surface area contributed by atoms with Gasteiger partial charge in [-0.1, -0.05) is 51.1 Å². The molecule has 8 nitrogen and oxygen atoms in total. The van der Waals surface area contributed by atoms with E-state index in [1.165, 1.54) is 12.1 Å². The monoisotopic (exact) mass is 575 g/mol. The van der Waals surface area contributed by atoms with Crippen molar-refractivity contribution < 1.29 is 18.8 Å². The van der Waals surface area contributed by atoms with E-state index in [1.807, 2.05) is 79.0 Å². The normalized spacial score (nSPS) is 15.8. The molecule has 224 valence electrons. The first-order valence-electron chi connectivity index (χ1n) is 14.6. The second-order valence-electron chi connectivity index (χ2n) is 12.0. The van der Waals surface area contributed by atoms with Gasteiger partial charge in [0.1, 0.15) is 11.9 Å². The van der Waals surface area contributed by atoms with Crippen molar-refractivity contribution in [2.75, 3.05) is 33.2 Å². The summed E-state index contributed by atoms with van der Waals surface area (Å²) in [5.41, 5.74) is 1.94. The highest BCUT2D eigenvalue weighted by molar-refractivity contribution is 5.94. The number of carbonyl (C=O) groups excluding carboxylic acids is 3. The Morgan fingerprint density at radius 2 is 1.76 bits per heavy atom. The van der Waals surface area contributed by atoms with Gasteiger partial charge in [-0.25, -0.2) is 4.39 Å². The van der Waals surface area contributed by atoms with Crippen molar-refractivity contribution in [3.63, 3.8) is 0 Å². The first-order chi connectivity index (χ1) is 20.1. The topological polar surface area (TPSA) is 86.7 Å². The molecule has 1 aromatic heterocycles. The summed E-state index contributed by atoms with van der Waals surface area (Å²) < 4.78 is 15.4. The van der Waals surface area contributed by atoms with Crippen LogP contribution in [0.3, 0.4) is 0 Å². The van der Waals surface area contributed by atoms with Crippen LogP contribution in [-0.2, 0) is 16.0 Å². The third kappa shape index (κ3) is 7.85. The van der Waals surface area contributed by atoms with E-state index in [-0.39, 0.29) is 36.1 Å². The lowest BCUT2D eigenvalue weighted by Gasteiger charge is -2.37. The number of hydrogen-bond acceptors (Lipinski definition) is 4. The van der Waals surface area contributed by atoms with Crippen LogP contribution in [0.4, 0.5) is 4.39 Å². The number of nitrogens with one attached hydrogen (secondary N) is 2. The Morgan fingerprint density at radius 1 is 1.05 bits per heavy atom.